The molecule has 4 nitrogen and oxygen atoms in total. The third-order valence-electron chi connectivity index (χ3n) is 4.12. The second-order valence-corrected chi connectivity index (χ2v) is 6.90. The third kappa shape index (κ3) is 3.90. The minimum absolute atomic E-state index is 0.325. The van der Waals surface area contributed by atoms with Gasteiger partial charge in [-0.15, -0.1) is 0 Å². The number of hydrogen-bond acceptors (Lipinski definition) is 4. The van der Waals surface area contributed by atoms with E-state index in [4.69, 9.17) is 9.47 Å². The van der Waals surface area contributed by atoms with Crippen LogP contribution < -0.4 is 14.8 Å². The van der Waals surface area contributed by atoms with E-state index in [0.717, 1.165) is 29.1 Å². The minimum Gasteiger partial charge on any atom is -0.454 e. The van der Waals surface area contributed by atoms with Crippen molar-refractivity contribution in [3.05, 3.63) is 22.2 Å². The number of halogens is 1. The van der Waals surface area contributed by atoms with Gasteiger partial charge in [-0.2, -0.15) is 0 Å². The van der Waals surface area contributed by atoms with Gasteiger partial charge in [0.2, 0.25) is 6.79 Å². The van der Waals surface area contributed by atoms with Crippen LogP contribution in [-0.2, 0) is 6.54 Å². The zero-order chi connectivity index (χ0) is 14.7. The summed E-state index contributed by atoms with van der Waals surface area (Å²) in [6.07, 6.45) is 2.73. The number of rotatable bonds is 6. The molecule has 0 aliphatic carbocycles. The summed E-state index contributed by atoms with van der Waals surface area (Å²) in [7, 11) is 0. The summed E-state index contributed by atoms with van der Waals surface area (Å²) >= 11 is 3.60. The van der Waals surface area contributed by atoms with Crippen LogP contribution in [0.4, 0.5) is 0 Å². The fourth-order valence-corrected chi connectivity index (χ4v) is 3.48. The molecule has 1 N–H and O–H groups in total. The van der Waals surface area contributed by atoms with E-state index in [1.165, 1.54) is 38.0 Å². The Kier molecular flexibility index (Phi) is 5.03. The predicted octanol–water partition coefficient (Wildman–Crippen LogP) is 3.00. The molecule has 0 spiro atoms. The number of likely N-dealkylation sites (tertiary alicyclic amines) is 1. The van der Waals surface area contributed by atoms with Gasteiger partial charge in [0, 0.05) is 17.6 Å². The second kappa shape index (κ2) is 6.99. The number of fused-ring (bicyclic) bond motifs is 1. The SMILES string of the molecule is CC(CNCc1cc2c(cc1Br)OCO2)CN1CCCC1. The molecule has 0 aromatic heterocycles. The van der Waals surface area contributed by atoms with E-state index in [2.05, 4.69) is 39.1 Å². The Morgan fingerprint density at radius 1 is 1.24 bits per heavy atom. The maximum atomic E-state index is 5.43. The van der Waals surface area contributed by atoms with Crippen molar-refractivity contribution in [2.45, 2.75) is 26.3 Å². The molecular formula is C16H23BrN2O2. The lowest BCUT2D eigenvalue weighted by Crippen LogP contribution is -2.31. The molecule has 1 aromatic carbocycles. The van der Waals surface area contributed by atoms with Crippen LogP contribution in [0.2, 0.25) is 0 Å². The van der Waals surface area contributed by atoms with Crippen molar-refractivity contribution in [1.29, 1.82) is 0 Å². The molecule has 1 fully saturated rings. The fourth-order valence-electron chi connectivity index (χ4n) is 3.02. The van der Waals surface area contributed by atoms with Crippen LogP contribution in [0, 0.1) is 5.92 Å². The molecule has 0 radical (unpaired) electrons. The van der Waals surface area contributed by atoms with E-state index in [9.17, 15) is 0 Å². The van der Waals surface area contributed by atoms with Crippen molar-refractivity contribution in [3.8, 4) is 11.5 Å². The van der Waals surface area contributed by atoms with Gasteiger partial charge in [0.25, 0.3) is 0 Å². The Balaban J connectivity index is 1.46. The Bertz CT molecular complexity index is 489. The average Bonchev–Trinajstić information content (AvgIpc) is 3.10. The lowest BCUT2D eigenvalue weighted by atomic mass is 10.1. The summed E-state index contributed by atoms with van der Waals surface area (Å²) in [6, 6.07) is 4.05. The maximum Gasteiger partial charge on any atom is 0.231 e. The fraction of sp³-hybridized carbons (Fsp3) is 0.625. The Labute approximate surface area is 134 Å². The topological polar surface area (TPSA) is 33.7 Å². The lowest BCUT2D eigenvalue weighted by molar-refractivity contribution is 0.174. The summed E-state index contributed by atoms with van der Waals surface area (Å²) in [5.41, 5.74) is 1.22. The quantitative estimate of drug-likeness (QED) is 0.851. The van der Waals surface area contributed by atoms with Gasteiger partial charge < -0.3 is 19.7 Å². The highest BCUT2D eigenvalue weighted by Crippen LogP contribution is 2.36. The van der Waals surface area contributed by atoms with Crippen molar-refractivity contribution in [2.75, 3.05) is 33.0 Å². The third-order valence-corrected chi connectivity index (χ3v) is 4.86. The van der Waals surface area contributed by atoms with Gasteiger partial charge in [0.05, 0.1) is 0 Å². The van der Waals surface area contributed by atoms with Gasteiger partial charge in [-0.25, -0.2) is 0 Å². The molecule has 2 aliphatic heterocycles. The Hall–Kier alpha value is -0.780. The number of nitrogens with zero attached hydrogens (tertiary/aromatic N) is 1. The normalized spacial score (nSPS) is 19.1. The van der Waals surface area contributed by atoms with E-state index >= 15 is 0 Å². The summed E-state index contributed by atoms with van der Waals surface area (Å²) in [4.78, 5) is 2.57. The van der Waals surface area contributed by atoms with Crippen LogP contribution in [0.15, 0.2) is 16.6 Å². The van der Waals surface area contributed by atoms with E-state index in [-0.39, 0.29) is 0 Å². The van der Waals surface area contributed by atoms with Crippen LogP contribution in [0.25, 0.3) is 0 Å². The molecule has 2 aliphatic rings. The average molecular weight is 355 g/mol. The summed E-state index contributed by atoms with van der Waals surface area (Å²) in [5, 5.41) is 3.55. The molecule has 1 atom stereocenters. The van der Waals surface area contributed by atoms with Gasteiger partial charge in [-0.1, -0.05) is 22.9 Å². The number of hydrogen-bond donors (Lipinski definition) is 1. The first-order chi connectivity index (χ1) is 10.2. The van der Waals surface area contributed by atoms with Crippen LogP contribution in [0.3, 0.4) is 0 Å². The van der Waals surface area contributed by atoms with Gasteiger partial charge in [-0.05, 0) is 56.1 Å². The largest absolute Gasteiger partial charge is 0.454 e. The molecule has 2 heterocycles. The van der Waals surface area contributed by atoms with Crippen LogP contribution >= 0.6 is 15.9 Å². The zero-order valence-corrected chi connectivity index (χ0v) is 14.1. The molecule has 0 saturated carbocycles. The number of ether oxygens (including phenoxy) is 2. The predicted molar refractivity (Wildman–Crippen MR) is 86.8 cm³/mol. The summed E-state index contributed by atoms with van der Waals surface area (Å²) in [5.74, 6) is 2.35. The highest BCUT2D eigenvalue weighted by molar-refractivity contribution is 9.10. The molecular weight excluding hydrogens is 332 g/mol. The second-order valence-electron chi connectivity index (χ2n) is 6.04. The van der Waals surface area contributed by atoms with Crippen molar-refractivity contribution in [1.82, 2.24) is 10.2 Å². The van der Waals surface area contributed by atoms with Crippen molar-refractivity contribution in [3.63, 3.8) is 0 Å². The van der Waals surface area contributed by atoms with Crippen molar-refractivity contribution >= 4 is 15.9 Å². The highest BCUT2D eigenvalue weighted by Gasteiger charge is 2.17. The van der Waals surface area contributed by atoms with E-state index < -0.39 is 0 Å². The number of benzene rings is 1. The standard InChI is InChI=1S/C16H23BrN2O2/c1-12(10-19-4-2-3-5-19)8-18-9-13-6-15-16(7-14(13)17)21-11-20-15/h6-7,12,18H,2-5,8-11H2,1H3. The van der Waals surface area contributed by atoms with Gasteiger partial charge in [0.1, 0.15) is 0 Å². The van der Waals surface area contributed by atoms with E-state index in [1.54, 1.807) is 0 Å². The smallest absolute Gasteiger partial charge is 0.231 e. The Morgan fingerprint density at radius 3 is 2.71 bits per heavy atom. The minimum atomic E-state index is 0.325. The first kappa shape index (κ1) is 15.1. The van der Waals surface area contributed by atoms with Crippen molar-refractivity contribution < 1.29 is 9.47 Å². The molecule has 1 aromatic rings. The van der Waals surface area contributed by atoms with Crippen LogP contribution in [-0.4, -0.2) is 37.9 Å². The van der Waals surface area contributed by atoms with E-state index in [1.807, 2.05) is 6.07 Å². The first-order valence-corrected chi connectivity index (χ1v) is 8.53. The Morgan fingerprint density at radius 2 is 1.95 bits per heavy atom. The molecule has 1 unspecified atom stereocenters. The van der Waals surface area contributed by atoms with Crippen LogP contribution in [0.5, 0.6) is 11.5 Å². The monoisotopic (exact) mass is 354 g/mol. The molecule has 3 rings (SSSR count). The van der Waals surface area contributed by atoms with Gasteiger partial charge >= 0.3 is 0 Å². The molecule has 1 saturated heterocycles. The summed E-state index contributed by atoms with van der Waals surface area (Å²) in [6.45, 7) is 8.29. The molecule has 5 heteroatoms. The summed E-state index contributed by atoms with van der Waals surface area (Å²) < 4.78 is 11.9. The maximum absolute atomic E-state index is 5.43. The van der Waals surface area contributed by atoms with E-state index in [0.29, 0.717) is 12.7 Å². The van der Waals surface area contributed by atoms with Crippen LogP contribution in [0.1, 0.15) is 25.3 Å². The molecule has 0 amide bonds. The van der Waals surface area contributed by atoms with Crippen molar-refractivity contribution in [2.24, 2.45) is 5.92 Å². The molecule has 0 bridgehead atoms. The molecule has 21 heavy (non-hydrogen) atoms. The lowest BCUT2D eigenvalue weighted by Gasteiger charge is -2.20. The highest BCUT2D eigenvalue weighted by atomic mass is 79.9. The first-order valence-electron chi connectivity index (χ1n) is 7.73. The molecule has 116 valence electrons. The van der Waals surface area contributed by atoms with Gasteiger partial charge in [0.15, 0.2) is 11.5 Å². The zero-order valence-electron chi connectivity index (χ0n) is 12.5. The van der Waals surface area contributed by atoms with Gasteiger partial charge in [-0.3, -0.25) is 0 Å². The number of nitrogens with one attached hydrogen (secondary N) is 1.